The molecule has 2 aromatic rings. The smallest absolute Gasteiger partial charge is 0.276 e. The Morgan fingerprint density at radius 1 is 1.27 bits per heavy atom. The van der Waals surface area contributed by atoms with Gasteiger partial charge in [-0.2, -0.15) is 0 Å². The van der Waals surface area contributed by atoms with Crippen molar-refractivity contribution in [2.75, 3.05) is 6.54 Å². The maximum absolute atomic E-state index is 12.5. The average molecular weight is 339 g/mol. The van der Waals surface area contributed by atoms with Crippen LogP contribution in [0.4, 0.5) is 0 Å². The van der Waals surface area contributed by atoms with E-state index in [2.05, 4.69) is 12.1 Å². The van der Waals surface area contributed by atoms with Gasteiger partial charge in [0.15, 0.2) is 11.5 Å². The molecule has 0 unspecified atom stereocenters. The summed E-state index contributed by atoms with van der Waals surface area (Å²) in [6, 6.07) is 7.07. The number of hydrogen-bond donors (Lipinski definition) is 0. The largest absolute Gasteiger partial charge is 0.355 e. The van der Waals surface area contributed by atoms with Crippen molar-refractivity contribution in [1.29, 1.82) is 0 Å². The summed E-state index contributed by atoms with van der Waals surface area (Å²) in [4.78, 5) is 14.4. The maximum Gasteiger partial charge on any atom is 0.276 e. The monoisotopic (exact) mass is 338 g/mol. The second-order valence-electron chi connectivity index (χ2n) is 5.55. The fourth-order valence-electron chi connectivity index (χ4n) is 2.71. The minimum Gasteiger partial charge on any atom is -0.355 e. The third-order valence-corrected chi connectivity index (χ3v) is 4.74. The predicted octanol–water partition coefficient (Wildman–Crippen LogP) is 4.66. The van der Waals surface area contributed by atoms with E-state index in [4.69, 9.17) is 27.7 Å². The number of hydrogen-bond acceptors (Lipinski definition) is 3. The van der Waals surface area contributed by atoms with Crippen molar-refractivity contribution >= 4 is 29.1 Å². The fourth-order valence-corrected chi connectivity index (χ4v) is 3.01. The molecule has 1 amide bonds. The van der Waals surface area contributed by atoms with Crippen LogP contribution in [0.2, 0.25) is 10.0 Å². The third-order valence-electron chi connectivity index (χ3n) is 4.00. The van der Waals surface area contributed by atoms with Crippen LogP contribution >= 0.6 is 23.2 Å². The molecule has 2 heterocycles. The lowest BCUT2D eigenvalue weighted by Crippen LogP contribution is -2.42. The van der Waals surface area contributed by atoms with Gasteiger partial charge in [0.2, 0.25) is 0 Å². The molecule has 0 saturated carbocycles. The quantitative estimate of drug-likeness (QED) is 0.799. The molecule has 1 aliphatic rings. The van der Waals surface area contributed by atoms with Gasteiger partial charge in [0.05, 0.1) is 10.0 Å². The molecule has 1 aliphatic heterocycles. The van der Waals surface area contributed by atoms with Crippen LogP contribution in [-0.4, -0.2) is 28.6 Å². The first kappa shape index (κ1) is 15.4. The molecule has 0 spiro atoms. The number of carbonyl (C=O) groups is 1. The van der Waals surface area contributed by atoms with Crippen molar-refractivity contribution in [2.24, 2.45) is 0 Å². The standard InChI is InChI=1S/C16H16Cl2N2O2/c1-10-4-2-3-7-20(10)16(21)14-9-15(22-19-14)11-5-6-12(17)13(18)8-11/h5-6,8-10H,2-4,7H2,1H3/t10-/m0/s1. The van der Waals surface area contributed by atoms with Gasteiger partial charge in [-0.3, -0.25) is 4.79 Å². The molecule has 0 radical (unpaired) electrons. The van der Waals surface area contributed by atoms with Gasteiger partial charge in [-0.25, -0.2) is 0 Å². The predicted molar refractivity (Wildman–Crippen MR) is 86.3 cm³/mol. The van der Waals surface area contributed by atoms with Gasteiger partial charge < -0.3 is 9.42 Å². The van der Waals surface area contributed by atoms with Crippen molar-refractivity contribution in [1.82, 2.24) is 10.1 Å². The molecule has 6 heteroatoms. The summed E-state index contributed by atoms with van der Waals surface area (Å²) in [6.45, 7) is 2.84. The van der Waals surface area contributed by atoms with E-state index in [9.17, 15) is 4.79 Å². The summed E-state index contributed by atoms with van der Waals surface area (Å²) in [5.74, 6) is 0.425. The summed E-state index contributed by atoms with van der Waals surface area (Å²) in [7, 11) is 0. The number of rotatable bonds is 2. The zero-order chi connectivity index (χ0) is 15.7. The number of benzene rings is 1. The molecule has 22 heavy (non-hydrogen) atoms. The molecule has 1 aromatic carbocycles. The SMILES string of the molecule is C[C@H]1CCCCN1C(=O)c1cc(-c2ccc(Cl)c(Cl)c2)on1. The molecule has 3 rings (SSSR count). The van der Waals surface area contributed by atoms with Crippen LogP contribution in [0, 0.1) is 0 Å². The molecule has 1 aromatic heterocycles. The van der Waals surface area contributed by atoms with Crippen molar-refractivity contribution in [2.45, 2.75) is 32.2 Å². The molecule has 1 atom stereocenters. The van der Waals surface area contributed by atoms with Crippen molar-refractivity contribution < 1.29 is 9.32 Å². The molecular formula is C16H16Cl2N2O2. The van der Waals surface area contributed by atoms with Crippen molar-refractivity contribution in [3.05, 3.63) is 40.0 Å². The zero-order valence-corrected chi connectivity index (χ0v) is 13.7. The highest BCUT2D eigenvalue weighted by Gasteiger charge is 2.26. The Morgan fingerprint density at radius 2 is 2.09 bits per heavy atom. The maximum atomic E-state index is 12.5. The summed E-state index contributed by atoms with van der Waals surface area (Å²) < 4.78 is 5.29. The minimum absolute atomic E-state index is 0.0812. The number of halogens is 2. The van der Waals surface area contributed by atoms with E-state index in [-0.39, 0.29) is 11.9 Å². The Bertz CT molecular complexity index is 699. The topological polar surface area (TPSA) is 46.3 Å². The number of nitrogens with zero attached hydrogens (tertiary/aromatic N) is 2. The Kier molecular flexibility index (Phi) is 4.41. The van der Waals surface area contributed by atoms with Gasteiger partial charge in [0.25, 0.3) is 5.91 Å². The summed E-state index contributed by atoms with van der Waals surface area (Å²) in [6.07, 6.45) is 3.23. The van der Waals surface area contributed by atoms with E-state index >= 15 is 0 Å². The Hall–Kier alpha value is -1.52. The first-order valence-electron chi connectivity index (χ1n) is 7.29. The van der Waals surface area contributed by atoms with E-state index < -0.39 is 0 Å². The lowest BCUT2D eigenvalue weighted by Gasteiger charge is -2.32. The third kappa shape index (κ3) is 2.99. The highest BCUT2D eigenvalue weighted by Crippen LogP contribution is 2.29. The molecule has 0 N–H and O–H groups in total. The highest BCUT2D eigenvalue weighted by atomic mass is 35.5. The Labute approximate surface area is 139 Å². The van der Waals surface area contributed by atoms with Crippen LogP contribution in [0.5, 0.6) is 0 Å². The minimum atomic E-state index is -0.0812. The van der Waals surface area contributed by atoms with Crippen LogP contribution in [0.3, 0.4) is 0 Å². The van der Waals surface area contributed by atoms with Gasteiger partial charge in [-0.1, -0.05) is 28.4 Å². The number of likely N-dealkylation sites (tertiary alicyclic amines) is 1. The van der Waals surface area contributed by atoms with Gasteiger partial charge in [0.1, 0.15) is 0 Å². The molecule has 0 aliphatic carbocycles. The lowest BCUT2D eigenvalue weighted by atomic mass is 10.0. The molecule has 4 nitrogen and oxygen atoms in total. The Balaban J connectivity index is 1.83. The van der Waals surface area contributed by atoms with Gasteiger partial charge >= 0.3 is 0 Å². The van der Waals surface area contributed by atoms with Crippen LogP contribution in [0.25, 0.3) is 11.3 Å². The van der Waals surface area contributed by atoms with E-state index in [1.54, 1.807) is 24.3 Å². The molecular weight excluding hydrogens is 323 g/mol. The first-order valence-corrected chi connectivity index (χ1v) is 8.05. The van der Waals surface area contributed by atoms with Gasteiger partial charge in [-0.05, 0) is 44.4 Å². The Morgan fingerprint density at radius 3 is 2.82 bits per heavy atom. The second-order valence-corrected chi connectivity index (χ2v) is 6.36. The van der Waals surface area contributed by atoms with Gasteiger partial charge in [-0.15, -0.1) is 0 Å². The number of amides is 1. The van der Waals surface area contributed by atoms with Crippen LogP contribution < -0.4 is 0 Å². The molecule has 1 saturated heterocycles. The summed E-state index contributed by atoms with van der Waals surface area (Å²) in [5.41, 5.74) is 1.07. The van der Waals surface area contributed by atoms with E-state index in [1.807, 2.05) is 4.90 Å². The second kappa shape index (κ2) is 6.31. The lowest BCUT2D eigenvalue weighted by molar-refractivity contribution is 0.0625. The van der Waals surface area contributed by atoms with Gasteiger partial charge in [0, 0.05) is 24.2 Å². The van der Waals surface area contributed by atoms with Crippen molar-refractivity contribution in [3.63, 3.8) is 0 Å². The first-order chi connectivity index (χ1) is 10.6. The number of aromatic nitrogens is 1. The average Bonchev–Trinajstić information content (AvgIpc) is 3.00. The summed E-state index contributed by atoms with van der Waals surface area (Å²) in [5, 5.41) is 4.83. The van der Waals surface area contributed by atoms with Crippen LogP contribution in [-0.2, 0) is 0 Å². The molecule has 1 fully saturated rings. The van der Waals surface area contributed by atoms with E-state index in [1.165, 1.54) is 0 Å². The normalized spacial score (nSPS) is 18.5. The number of piperidine rings is 1. The summed E-state index contributed by atoms with van der Waals surface area (Å²) >= 11 is 11.9. The highest BCUT2D eigenvalue weighted by molar-refractivity contribution is 6.42. The van der Waals surface area contributed by atoms with E-state index in [0.717, 1.165) is 31.4 Å². The molecule has 116 valence electrons. The van der Waals surface area contributed by atoms with Crippen LogP contribution in [0.15, 0.2) is 28.8 Å². The number of carbonyl (C=O) groups excluding carboxylic acids is 1. The van der Waals surface area contributed by atoms with E-state index in [0.29, 0.717) is 21.5 Å². The van der Waals surface area contributed by atoms with Crippen molar-refractivity contribution in [3.8, 4) is 11.3 Å². The van der Waals surface area contributed by atoms with Crippen LogP contribution in [0.1, 0.15) is 36.7 Å². The molecule has 0 bridgehead atoms. The zero-order valence-electron chi connectivity index (χ0n) is 12.2. The fraction of sp³-hybridized carbons (Fsp3) is 0.375.